The van der Waals surface area contributed by atoms with Crippen LogP contribution in [0, 0.1) is 29.2 Å². The molecule has 0 radical (unpaired) electrons. The lowest BCUT2D eigenvalue weighted by Crippen LogP contribution is -2.43. The van der Waals surface area contributed by atoms with Crippen molar-refractivity contribution in [3.05, 3.63) is 53.6 Å². The molecule has 0 saturated heterocycles. The number of benzene rings is 2. The van der Waals surface area contributed by atoms with Crippen LogP contribution in [-0.2, 0) is 22.4 Å². The second-order valence-corrected chi connectivity index (χ2v) is 14.6. The van der Waals surface area contributed by atoms with Crippen molar-refractivity contribution >= 4 is 17.4 Å². The molecule has 2 aromatic rings. The van der Waals surface area contributed by atoms with Gasteiger partial charge in [0, 0.05) is 44.5 Å². The zero-order valence-corrected chi connectivity index (χ0v) is 31.2. The molecule has 2 bridgehead atoms. The topological polar surface area (TPSA) is 174 Å². The number of likely N-dealkylation sites (N-methyl/N-ethyl adjacent to an activating group) is 1. The summed E-state index contributed by atoms with van der Waals surface area (Å²) in [4.78, 5) is 18.5. The highest BCUT2D eigenvalue weighted by Crippen LogP contribution is 2.49. The zero-order valence-electron chi connectivity index (χ0n) is 31.2. The number of aryl methyl sites for hydroxylation is 1. The number of phenolic OH excluding ortho intramolecular Hbond substituents is 2. The summed E-state index contributed by atoms with van der Waals surface area (Å²) < 4.78 is 17.6. The summed E-state index contributed by atoms with van der Waals surface area (Å²) in [6, 6.07) is 12.0. The summed E-state index contributed by atoms with van der Waals surface area (Å²) in [5, 5.41) is 50.8. The molecule has 1 aliphatic heterocycles. The summed E-state index contributed by atoms with van der Waals surface area (Å²) >= 11 is 0. The maximum atomic E-state index is 14.2. The molecule has 53 heavy (non-hydrogen) atoms. The number of nitrogens with zero attached hydrogens (tertiary/aromatic N) is 1. The number of aliphatic hydroxyl groups is 2. The van der Waals surface area contributed by atoms with Crippen LogP contribution in [0.4, 0.5) is 5.69 Å². The summed E-state index contributed by atoms with van der Waals surface area (Å²) in [6.07, 6.45) is 10.6. The van der Waals surface area contributed by atoms with Crippen LogP contribution in [-0.4, -0.2) is 85.0 Å². The van der Waals surface area contributed by atoms with Gasteiger partial charge in [-0.1, -0.05) is 24.5 Å². The number of methoxy groups -OCH3 is 1. The number of aliphatic hydroxyl groups excluding tert-OH is 2. The Balaban J connectivity index is 1.40. The van der Waals surface area contributed by atoms with Gasteiger partial charge >= 0.3 is 0 Å². The standard InChI is InChI=1S/C41H56N4O8/c1-42-27-40(17-15-30(25-40)24-37(49)52-20-8-19-46)53-35-22-28-9-4-5-12-36(48)41(26-29-13-14-33(47)34(23-29)51-3)16-6-10-31(41)11-7-18-44-39(43-2)45-32(21-28)38(35)50/h5,12-14,21-23,30-31,37,42,46-47,49-50H,4,6,8-11,15-17,19-20,24-27H2,1-3H3,(H2,43,44,45). The van der Waals surface area contributed by atoms with Gasteiger partial charge in [-0.3, -0.25) is 15.1 Å². The fraction of sp³-hybridized carbons (Fsp3) is 0.561. The Hall–Kier alpha value is -4.28. The van der Waals surface area contributed by atoms with E-state index < -0.39 is 17.3 Å². The Morgan fingerprint density at radius 1 is 1.15 bits per heavy atom. The van der Waals surface area contributed by atoms with Crippen LogP contribution in [0.25, 0.3) is 0 Å². The molecular weight excluding hydrogens is 676 g/mol. The van der Waals surface area contributed by atoms with Gasteiger partial charge in [0.15, 0.2) is 35.1 Å². The number of carbonyl (C=O) groups is 1. The second-order valence-electron chi connectivity index (χ2n) is 14.6. The van der Waals surface area contributed by atoms with E-state index in [0.717, 1.165) is 43.2 Å². The number of ether oxygens (including phenoxy) is 3. The molecule has 2 fully saturated rings. The lowest BCUT2D eigenvalue weighted by atomic mass is 9.69. The van der Waals surface area contributed by atoms with E-state index in [-0.39, 0.29) is 35.7 Å². The first-order valence-electron chi connectivity index (χ1n) is 18.8. The zero-order chi connectivity index (χ0) is 37.8. The van der Waals surface area contributed by atoms with Gasteiger partial charge in [-0.25, -0.2) is 0 Å². The van der Waals surface area contributed by atoms with Gasteiger partial charge in [0.1, 0.15) is 5.60 Å². The number of anilines is 1. The molecule has 288 valence electrons. The van der Waals surface area contributed by atoms with Crippen LogP contribution < -0.4 is 25.4 Å². The third kappa shape index (κ3) is 10.0. The molecule has 1 heterocycles. The van der Waals surface area contributed by atoms with Crippen molar-refractivity contribution in [1.82, 2.24) is 10.6 Å². The van der Waals surface area contributed by atoms with E-state index in [1.807, 2.05) is 37.4 Å². The minimum absolute atomic E-state index is 0.0116. The summed E-state index contributed by atoms with van der Waals surface area (Å²) in [5.41, 5.74) is 0.979. The number of rotatable bonds is 13. The summed E-state index contributed by atoms with van der Waals surface area (Å²) in [7, 11) is 5.02. The summed E-state index contributed by atoms with van der Waals surface area (Å²) in [5.74, 6) is 4.59. The third-order valence-electron chi connectivity index (χ3n) is 11.0. The van der Waals surface area contributed by atoms with E-state index in [1.165, 1.54) is 7.11 Å². The smallest absolute Gasteiger partial charge is 0.207 e. The predicted octanol–water partition coefficient (Wildman–Crippen LogP) is 4.79. The number of fused-ring (bicyclic) bond motifs is 3. The van der Waals surface area contributed by atoms with Crippen LogP contribution in [0.2, 0.25) is 0 Å². The van der Waals surface area contributed by atoms with Crippen LogP contribution in [0.1, 0.15) is 75.3 Å². The average molecular weight is 733 g/mol. The van der Waals surface area contributed by atoms with Gasteiger partial charge in [-0.05, 0) is 118 Å². The quantitative estimate of drug-likeness (QED) is 0.0653. The molecule has 2 saturated carbocycles. The SMILES string of the molecule is CN=C1NC#CCC2CCCC2(Cc2ccc(O)c(OC)c2)C(=O)C=CCCc2cc(c(O)c(OC3(CNC)CCC(CC(O)OCCCO)C3)c2)N1. The molecule has 5 atom stereocenters. The van der Waals surface area contributed by atoms with E-state index >= 15 is 0 Å². The van der Waals surface area contributed by atoms with Crippen LogP contribution >= 0.6 is 0 Å². The number of carbonyl (C=O) groups excluding carboxylic acids is 1. The fourth-order valence-electron chi connectivity index (χ4n) is 8.30. The van der Waals surface area contributed by atoms with Crippen molar-refractivity contribution in [2.75, 3.05) is 46.3 Å². The van der Waals surface area contributed by atoms with Crippen molar-refractivity contribution in [2.45, 2.75) is 88.9 Å². The molecule has 2 aromatic carbocycles. The second kappa shape index (κ2) is 18.7. The molecule has 12 heteroatoms. The average Bonchev–Trinajstić information content (AvgIpc) is 3.73. The van der Waals surface area contributed by atoms with Crippen molar-refractivity contribution < 1.29 is 39.4 Å². The van der Waals surface area contributed by atoms with Crippen molar-refractivity contribution in [2.24, 2.45) is 22.2 Å². The minimum atomic E-state index is -0.919. The Labute approximate surface area is 313 Å². The number of guanidine groups is 1. The molecule has 0 amide bonds. The number of phenols is 2. The molecular formula is C41H56N4O8. The largest absolute Gasteiger partial charge is 0.504 e. The summed E-state index contributed by atoms with van der Waals surface area (Å²) in [6.45, 7) is 0.848. The van der Waals surface area contributed by atoms with Crippen molar-refractivity contribution in [3.63, 3.8) is 0 Å². The molecule has 0 spiro atoms. The monoisotopic (exact) mass is 732 g/mol. The van der Waals surface area contributed by atoms with Gasteiger partial charge in [0.05, 0.1) is 19.4 Å². The number of allylic oxidation sites excluding steroid dienone is 2. The fourth-order valence-corrected chi connectivity index (χ4v) is 8.30. The maximum absolute atomic E-state index is 14.2. The number of aromatic hydroxyl groups is 2. The van der Waals surface area contributed by atoms with E-state index in [2.05, 4.69) is 32.9 Å². The molecule has 2 aliphatic carbocycles. The molecule has 3 aliphatic rings. The van der Waals surface area contributed by atoms with Crippen molar-refractivity contribution in [3.8, 4) is 35.0 Å². The number of aliphatic imine (C=N–C) groups is 1. The third-order valence-corrected chi connectivity index (χ3v) is 11.0. The highest BCUT2D eigenvalue weighted by atomic mass is 16.6. The number of nitrogens with one attached hydrogen (secondary N) is 3. The first-order chi connectivity index (χ1) is 25.6. The molecule has 7 N–H and O–H groups in total. The molecule has 0 aromatic heterocycles. The van der Waals surface area contributed by atoms with Gasteiger partial charge in [0.25, 0.3) is 0 Å². The van der Waals surface area contributed by atoms with Crippen LogP contribution in [0.15, 0.2) is 47.5 Å². The van der Waals surface area contributed by atoms with Gasteiger partial charge < -0.3 is 45.3 Å². The van der Waals surface area contributed by atoms with E-state index in [1.54, 1.807) is 19.2 Å². The normalized spacial score (nSPS) is 25.9. The molecule has 5 rings (SSSR count). The number of hydrogen-bond donors (Lipinski definition) is 7. The maximum Gasteiger partial charge on any atom is 0.207 e. The first kappa shape index (κ1) is 39.9. The lowest BCUT2D eigenvalue weighted by Gasteiger charge is -2.33. The first-order valence-corrected chi connectivity index (χ1v) is 18.8. The predicted molar refractivity (Wildman–Crippen MR) is 204 cm³/mol. The lowest BCUT2D eigenvalue weighted by molar-refractivity contribution is -0.125. The highest BCUT2D eigenvalue weighted by molar-refractivity contribution is 5.97. The molecule has 5 unspecified atom stereocenters. The van der Waals surface area contributed by atoms with Crippen molar-refractivity contribution in [1.29, 1.82) is 0 Å². The Bertz CT molecular complexity index is 1690. The van der Waals surface area contributed by atoms with E-state index in [9.17, 15) is 20.1 Å². The van der Waals surface area contributed by atoms with E-state index in [4.69, 9.17) is 19.3 Å². The number of ketones is 1. The minimum Gasteiger partial charge on any atom is -0.504 e. The Kier molecular flexibility index (Phi) is 14.1. The number of hydrogen-bond acceptors (Lipinski definition) is 10. The van der Waals surface area contributed by atoms with Crippen LogP contribution in [0.5, 0.6) is 23.0 Å². The highest BCUT2D eigenvalue weighted by Gasteiger charge is 2.47. The Morgan fingerprint density at radius 2 is 2.00 bits per heavy atom. The van der Waals surface area contributed by atoms with Gasteiger partial charge in [-0.2, -0.15) is 0 Å². The van der Waals surface area contributed by atoms with Crippen LogP contribution in [0.3, 0.4) is 0 Å². The molecule has 12 nitrogen and oxygen atoms in total. The van der Waals surface area contributed by atoms with E-state index in [0.29, 0.717) is 81.2 Å². The van der Waals surface area contributed by atoms with Gasteiger partial charge in [0.2, 0.25) is 5.96 Å². The Morgan fingerprint density at radius 3 is 2.77 bits per heavy atom. The van der Waals surface area contributed by atoms with Gasteiger partial charge in [-0.15, -0.1) is 0 Å².